The van der Waals surface area contributed by atoms with Crippen molar-refractivity contribution in [2.75, 3.05) is 6.54 Å². The van der Waals surface area contributed by atoms with Crippen molar-refractivity contribution in [1.29, 1.82) is 0 Å². The molecule has 1 fully saturated rings. The quantitative estimate of drug-likeness (QED) is 0.552. The maximum Gasteiger partial charge on any atom is 0.160 e. The van der Waals surface area contributed by atoms with Gasteiger partial charge in [-0.1, -0.05) is 43.8 Å². The number of thioether (sulfide) groups is 1. The lowest BCUT2D eigenvalue weighted by atomic mass is 9.96. The first kappa shape index (κ1) is 19.4. The lowest BCUT2D eigenvalue weighted by Gasteiger charge is -2.27. The predicted octanol–water partition coefficient (Wildman–Crippen LogP) is 5.64. The van der Waals surface area contributed by atoms with Crippen LogP contribution in [0.1, 0.15) is 54.1 Å². The third kappa shape index (κ3) is 3.16. The second kappa shape index (κ2) is 7.62. The van der Waals surface area contributed by atoms with Crippen LogP contribution in [0.4, 0.5) is 0 Å². The van der Waals surface area contributed by atoms with Gasteiger partial charge in [0.25, 0.3) is 0 Å². The zero-order chi connectivity index (χ0) is 20.8. The Hall–Kier alpha value is -2.53. The number of amidine groups is 1. The van der Waals surface area contributed by atoms with Gasteiger partial charge in [-0.15, -0.1) is 0 Å². The summed E-state index contributed by atoms with van der Waals surface area (Å²) in [7, 11) is 0. The van der Waals surface area contributed by atoms with Crippen LogP contribution in [0.25, 0.3) is 5.69 Å². The van der Waals surface area contributed by atoms with Crippen LogP contribution in [0.3, 0.4) is 0 Å². The van der Waals surface area contributed by atoms with Crippen LogP contribution in [0, 0.1) is 13.8 Å². The Morgan fingerprint density at radius 2 is 1.90 bits per heavy atom. The zero-order valence-electron chi connectivity index (χ0n) is 18.0. The number of hydrogen-bond acceptors (Lipinski definition) is 4. The highest BCUT2D eigenvalue weighted by atomic mass is 32.2. The third-order valence-electron chi connectivity index (χ3n) is 6.27. The molecule has 1 saturated heterocycles. The summed E-state index contributed by atoms with van der Waals surface area (Å²) in [5.41, 5.74) is 7.56. The van der Waals surface area contributed by atoms with Crippen LogP contribution in [-0.2, 0) is 6.42 Å². The number of aliphatic imine (C=N–C) groups is 1. The van der Waals surface area contributed by atoms with E-state index in [1.54, 1.807) is 0 Å². The topological polar surface area (TPSA) is 33.4 Å². The van der Waals surface area contributed by atoms with E-state index in [4.69, 9.17) is 4.99 Å². The molecule has 0 bridgehead atoms. The molecule has 0 aliphatic carbocycles. The van der Waals surface area contributed by atoms with Crippen LogP contribution in [0.2, 0.25) is 0 Å². The van der Waals surface area contributed by atoms with Crippen molar-refractivity contribution in [2.24, 2.45) is 4.99 Å². The molecule has 2 aliphatic rings. The molecule has 2 aliphatic heterocycles. The Kier molecular flexibility index (Phi) is 4.94. The fourth-order valence-corrected chi connectivity index (χ4v) is 5.91. The van der Waals surface area contributed by atoms with E-state index in [1.165, 1.54) is 33.4 Å². The fraction of sp³-hybridized carbons (Fsp3) is 0.360. The van der Waals surface area contributed by atoms with E-state index in [2.05, 4.69) is 84.6 Å². The summed E-state index contributed by atoms with van der Waals surface area (Å²) in [6.45, 7) is 9.97. The molecular formula is C25H28N4S. The third-order valence-corrected chi connectivity index (χ3v) is 7.38. The van der Waals surface area contributed by atoms with Gasteiger partial charge in [0.15, 0.2) is 5.17 Å². The molecule has 0 radical (unpaired) electrons. The molecule has 0 saturated carbocycles. The number of pyridine rings is 1. The second-order valence-corrected chi connectivity index (χ2v) is 9.72. The Morgan fingerprint density at radius 3 is 2.60 bits per heavy atom. The number of aromatic nitrogens is 2. The largest absolute Gasteiger partial charge is 0.341 e. The van der Waals surface area contributed by atoms with Crippen LogP contribution >= 0.6 is 11.8 Å². The SMILES string of the molecule is CCc1ccc(-n2c(C)cc([C@H]3[C@@H](c4ccccn4)N=C4S[C@@H](C)CN43)c2C)cc1. The molecule has 0 N–H and O–H groups in total. The van der Waals surface area contributed by atoms with E-state index in [0.29, 0.717) is 5.25 Å². The molecule has 3 aromatic rings. The molecule has 154 valence electrons. The lowest BCUT2D eigenvalue weighted by molar-refractivity contribution is 0.320. The molecule has 0 unspecified atom stereocenters. The Morgan fingerprint density at radius 1 is 1.10 bits per heavy atom. The summed E-state index contributed by atoms with van der Waals surface area (Å²) in [5, 5.41) is 1.74. The van der Waals surface area contributed by atoms with Gasteiger partial charge in [0, 0.05) is 35.1 Å². The maximum absolute atomic E-state index is 5.14. The van der Waals surface area contributed by atoms with Gasteiger partial charge in [-0.3, -0.25) is 9.98 Å². The van der Waals surface area contributed by atoms with Gasteiger partial charge in [0.1, 0.15) is 6.04 Å². The van der Waals surface area contributed by atoms with Gasteiger partial charge >= 0.3 is 0 Å². The standard InChI is InChI=1S/C25H28N4S/c1-5-19-9-11-20(12-10-19)29-16(2)14-21(18(29)4)24-23(22-8-6-7-13-26-22)27-25-28(24)15-17(3)30-25/h6-14,17,23-24H,5,15H2,1-4H3/t17-,23+,24-/m0/s1. The monoisotopic (exact) mass is 416 g/mol. The van der Waals surface area contributed by atoms with Gasteiger partial charge in [-0.25, -0.2) is 0 Å². The minimum Gasteiger partial charge on any atom is -0.341 e. The Bertz CT molecular complexity index is 1080. The highest BCUT2D eigenvalue weighted by Gasteiger charge is 2.44. The van der Waals surface area contributed by atoms with Gasteiger partial charge in [-0.2, -0.15) is 0 Å². The molecule has 4 nitrogen and oxygen atoms in total. The summed E-state index contributed by atoms with van der Waals surface area (Å²) in [4.78, 5) is 12.3. The molecule has 2 aromatic heterocycles. The normalized spacial score (nSPS) is 23.0. The van der Waals surface area contributed by atoms with Gasteiger partial charge < -0.3 is 9.47 Å². The molecule has 0 amide bonds. The number of nitrogens with zero attached hydrogens (tertiary/aromatic N) is 4. The summed E-state index contributed by atoms with van der Waals surface area (Å²) in [5.74, 6) is 0. The second-order valence-electron chi connectivity index (χ2n) is 8.32. The number of hydrogen-bond donors (Lipinski definition) is 0. The van der Waals surface area contributed by atoms with Crippen LogP contribution in [0.15, 0.2) is 59.7 Å². The van der Waals surface area contributed by atoms with Crippen molar-refractivity contribution >= 4 is 16.9 Å². The van der Waals surface area contributed by atoms with Crippen molar-refractivity contribution in [2.45, 2.75) is 51.4 Å². The summed E-state index contributed by atoms with van der Waals surface area (Å²) >= 11 is 1.89. The van der Waals surface area contributed by atoms with Gasteiger partial charge in [-0.05, 0) is 61.7 Å². The number of rotatable bonds is 4. The number of aryl methyl sites for hydroxylation is 2. The molecule has 4 heterocycles. The molecule has 5 rings (SSSR count). The van der Waals surface area contributed by atoms with E-state index in [1.807, 2.05) is 24.0 Å². The van der Waals surface area contributed by atoms with Crippen molar-refractivity contribution in [3.63, 3.8) is 0 Å². The summed E-state index contributed by atoms with van der Waals surface area (Å²) in [6.07, 6.45) is 2.94. The highest BCUT2D eigenvalue weighted by molar-refractivity contribution is 8.14. The van der Waals surface area contributed by atoms with Crippen LogP contribution in [0.5, 0.6) is 0 Å². The predicted molar refractivity (Wildman–Crippen MR) is 126 cm³/mol. The van der Waals surface area contributed by atoms with E-state index in [9.17, 15) is 0 Å². The van der Waals surface area contributed by atoms with E-state index in [-0.39, 0.29) is 12.1 Å². The van der Waals surface area contributed by atoms with E-state index in [0.717, 1.165) is 18.7 Å². The average molecular weight is 417 g/mol. The van der Waals surface area contributed by atoms with Gasteiger partial charge in [0.2, 0.25) is 0 Å². The lowest BCUT2D eigenvalue weighted by Crippen LogP contribution is -2.28. The summed E-state index contributed by atoms with van der Waals surface area (Å²) in [6, 6.07) is 17.7. The van der Waals surface area contributed by atoms with Gasteiger partial charge in [0.05, 0.1) is 11.7 Å². The number of fused-ring (bicyclic) bond motifs is 1. The van der Waals surface area contributed by atoms with Crippen molar-refractivity contribution < 1.29 is 0 Å². The first-order chi connectivity index (χ1) is 14.6. The van der Waals surface area contributed by atoms with Crippen molar-refractivity contribution in [3.05, 3.63) is 82.9 Å². The van der Waals surface area contributed by atoms with Crippen molar-refractivity contribution in [3.8, 4) is 5.69 Å². The smallest absolute Gasteiger partial charge is 0.160 e. The molecule has 30 heavy (non-hydrogen) atoms. The first-order valence-electron chi connectivity index (χ1n) is 10.8. The number of benzene rings is 1. The van der Waals surface area contributed by atoms with Crippen LogP contribution in [-0.4, -0.2) is 31.4 Å². The van der Waals surface area contributed by atoms with Crippen LogP contribution < -0.4 is 0 Å². The first-order valence-corrected chi connectivity index (χ1v) is 11.6. The minimum atomic E-state index is 0.0395. The zero-order valence-corrected chi connectivity index (χ0v) is 18.9. The average Bonchev–Trinajstić information content (AvgIpc) is 3.38. The molecule has 1 aromatic carbocycles. The fourth-order valence-electron chi connectivity index (χ4n) is 4.82. The Balaban J connectivity index is 1.59. The van der Waals surface area contributed by atoms with E-state index < -0.39 is 0 Å². The molecule has 5 heteroatoms. The van der Waals surface area contributed by atoms with Crippen molar-refractivity contribution in [1.82, 2.24) is 14.5 Å². The Labute approximate surface area is 183 Å². The van der Waals surface area contributed by atoms with E-state index >= 15 is 0 Å². The summed E-state index contributed by atoms with van der Waals surface area (Å²) < 4.78 is 2.38. The maximum atomic E-state index is 5.14. The minimum absolute atomic E-state index is 0.0395. The molecular weight excluding hydrogens is 388 g/mol. The molecule has 0 spiro atoms. The molecule has 3 atom stereocenters. The highest BCUT2D eigenvalue weighted by Crippen LogP contribution is 2.48.